The van der Waals surface area contributed by atoms with E-state index in [9.17, 15) is 14.5 Å². The van der Waals surface area contributed by atoms with Gasteiger partial charge in [0.15, 0.2) is 0 Å². The number of nitrogen functional groups attached to an aromatic ring is 1. The minimum absolute atomic E-state index is 0.0559. The van der Waals surface area contributed by atoms with Crippen LogP contribution in [0.5, 0.6) is 0 Å². The summed E-state index contributed by atoms with van der Waals surface area (Å²) < 4.78 is 13.8. The average molecular weight is 289 g/mol. The Kier molecular flexibility index (Phi) is 2.83. The number of thiazole rings is 1. The van der Waals surface area contributed by atoms with Gasteiger partial charge in [-0.1, -0.05) is 0 Å². The number of anilines is 1. The first kappa shape index (κ1) is 12.5. The van der Waals surface area contributed by atoms with Gasteiger partial charge in [-0.05, 0) is 24.3 Å². The average Bonchev–Trinajstić information content (AvgIpc) is 2.81. The number of non-ortho nitro benzene ring substituents is 1. The lowest BCUT2D eigenvalue weighted by molar-refractivity contribution is -0.384. The Morgan fingerprint density at radius 1 is 1.25 bits per heavy atom. The molecular weight excluding hydrogens is 281 g/mol. The maximum Gasteiger partial charge on any atom is 0.270 e. The molecule has 0 bridgehead atoms. The van der Waals surface area contributed by atoms with Crippen molar-refractivity contribution in [2.24, 2.45) is 0 Å². The van der Waals surface area contributed by atoms with Crippen LogP contribution in [0.25, 0.3) is 20.8 Å². The SMILES string of the molecule is Nc1ccc([N+](=O)[O-])cc1-c1nc2ccc(F)cc2s1. The fraction of sp³-hybridized carbons (Fsp3) is 0. The smallest absolute Gasteiger partial charge is 0.270 e. The van der Waals surface area contributed by atoms with Crippen LogP contribution in [0.1, 0.15) is 0 Å². The number of hydrogen-bond donors (Lipinski definition) is 1. The van der Waals surface area contributed by atoms with Crippen molar-refractivity contribution in [3.05, 3.63) is 52.3 Å². The van der Waals surface area contributed by atoms with E-state index in [1.54, 1.807) is 6.07 Å². The van der Waals surface area contributed by atoms with E-state index in [1.807, 2.05) is 0 Å². The van der Waals surface area contributed by atoms with Crippen LogP contribution in [-0.4, -0.2) is 9.91 Å². The second-order valence-electron chi connectivity index (χ2n) is 4.16. The lowest BCUT2D eigenvalue weighted by Gasteiger charge is -2.01. The molecule has 3 rings (SSSR count). The summed E-state index contributed by atoms with van der Waals surface area (Å²) in [5, 5.41) is 11.3. The van der Waals surface area contributed by atoms with Gasteiger partial charge in [0.05, 0.1) is 15.1 Å². The van der Waals surface area contributed by atoms with Gasteiger partial charge < -0.3 is 5.73 Å². The summed E-state index contributed by atoms with van der Waals surface area (Å²) >= 11 is 1.25. The van der Waals surface area contributed by atoms with E-state index in [0.29, 0.717) is 26.5 Å². The summed E-state index contributed by atoms with van der Waals surface area (Å²) in [5.74, 6) is -0.347. The van der Waals surface area contributed by atoms with Gasteiger partial charge in [-0.3, -0.25) is 10.1 Å². The number of aromatic nitrogens is 1. The first-order chi connectivity index (χ1) is 9.54. The van der Waals surface area contributed by atoms with Crippen molar-refractivity contribution in [2.45, 2.75) is 0 Å². The van der Waals surface area contributed by atoms with Crippen LogP contribution in [0.4, 0.5) is 15.8 Å². The van der Waals surface area contributed by atoms with Gasteiger partial charge in [0, 0.05) is 23.4 Å². The van der Waals surface area contributed by atoms with E-state index in [0.717, 1.165) is 0 Å². The molecule has 0 atom stereocenters. The van der Waals surface area contributed by atoms with Crippen LogP contribution in [0.15, 0.2) is 36.4 Å². The van der Waals surface area contributed by atoms with E-state index in [2.05, 4.69) is 4.98 Å². The van der Waals surface area contributed by atoms with E-state index < -0.39 is 4.92 Å². The minimum Gasteiger partial charge on any atom is -0.398 e. The van der Waals surface area contributed by atoms with Crippen molar-refractivity contribution in [1.82, 2.24) is 4.98 Å². The molecule has 1 heterocycles. The highest BCUT2D eigenvalue weighted by atomic mass is 32.1. The lowest BCUT2D eigenvalue weighted by atomic mass is 10.1. The van der Waals surface area contributed by atoms with Gasteiger partial charge >= 0.3 is 0 Å². The van der Waals surface area contributed by atoms with Gasteiger partial charge in [-0.15, -0.1) is 11.3 Å². The van der Waals surface area contributed by atoms with Gasteiger partial charge in [-0.25, -0.2) is 9.37 Å². The maximum absolute atomic E-state index is 13.2. The Morgan fingerprint density at radius 2 is 2.05 bits per heavy atom. The van der Waals surface area contributed by atoms with E-state index in [4.69, 9.17) is 5.73 Å². The maximum atomic E-state index is 13.2. The largest absolute Gasteiger partial charge is 0.398 e. The Bertz CT molecular complexity index is 832. The number of nitro benzene ring substituents is 1. The summed E-state index contributed by atoms with van der Waals surface area (Å²) in [6.45, 7) is 0. The number of hydrogen-bond acceptors (Lipinski definition) is 5. The molecule has 0 fully saturated rings. The second-order valence-corrected chi connectivity index (χ2v) is 5.19. The van der Waals surface area contributed by atoms with Gasteiger partial charge in [0.1, 0.15) is 10.8 Å². The molecule has 1 aromatic heterocycles. The predicted molar refractivity (Wildman–Crippen MR) is 76.1 cm³/mol. The van der Waals surface area contributed by atoms with Gasteiger partial charge in [-0.2, -0.15) is 0 Å². The third kappa shape index (κ3) is 2.08. The molecular formula is C13H8FN3O2S. The zero-order valence-corrected chi connectivity index (χ0v) is 10.9. The van der Waals surface area contributed by atoms with Crippen LogP contribution in [0.2, 0.25) is 0 Å². The normalized spacial score (nSPS) is 10.8. The van der Waals surface area contributed by atoms with Crippen LogP contribution < -0.4 is 5.73 Å². The van der Waals surface area contributed by atoms with Gasteiger partial charge in [0.2, 0.25) is 0 Å². The van der Waals surface area contributed by atoms with Crippen molar-refractivity contribution in [3.8, 4) is 10.6 Å². The summed E-state index contributed by atoms with van der Waals surface area (Å²) in [7, 11) is 0. The zero-order valence-electron chi connectivity index (χ0n) is 10.0. The topological polar surface area (TPSA) is 82.0 Å². The molecule has 0 aliphatic carbocycles. The molecule has 0 spiro atoms. The Hall–Kier alpha value is -2.54. The van der Waals surface area contributed by atoms with Crippen LogP contribution in [-0.2, 0) is 0 Å². The van der Waals surface area contributed by atoms with E-state index in [1.165, 1.54) is 41.7 Å². The molecule has 2 aromatic carbocycles. The molecule has 20 heavy (non-hydrogen) atoms. The fourth-order valence-electron chi connectivity index (χ4n) is 1.86. The van der Waals surface area contributed by atoms with E-state index >= 15 is 0 Å². The number of rotatable bonds is 2. The Labute approximate surface area is 116 Å². The summed E-state index contributed by atoms with van der Waals surface area (Å²) in [6.07, 6.45) is 0. The monoisotopic (exact) mass is 289 g/mol. The molecule has 7 heteroatoms. The van der Waals surface area contributed by atoms with Crippen molar-refractivity contribution in [2.75, 3.05) is 5.73 Å². The molecule has 0 saturated heterocycles. The molecule has 0 radical (unpaired) electrons. The first-order valence-corrected chi connectivity index (χ1v) is 6.46. The number of nitrogens with zero attached hydrogens (tertiary/aromatic N) is 2. The van der Waals surface area contributed by atoms with Crippen molar-refractivity contribution < 1.29 is 9.31 Å². The Morgan fingerprint density at radius 3 is 2.80 bits per heavy atom. The minimum atomic E-state index is -0.490. The molecule has 0 amide bonds. The molecule has 100 valence electrons. The van der Waals surface area contributed by atoms with Crippen molar-refractivity contribution in [3.63, 3.8) is 0 Å². The molecule has 0 aliphatic rings. The number of nitrogens with two attached hydrogens (primary N) is 1. The standard InChI is InChI=1S/C13H8FN3O2S/c14-7-1-4-11-12(5-7)20-13(16-11)9-6-8(17(18)19)2-3-10(9)15/h1-6H,15H2. The highest BCUT2D eigenvalue weighted by Gasteiger charge is 2.14. The molecule has 3 aromatic rings. The number of benzene rings is 2. The third-order valence-electron chi connectivity index (χ3n) is 2.83. The van der Waals surface area contributed by atoms with Crippen LogP contribution in [0.3, 0.4) is 0 Å². The zero-order chi connectivity index (χ0) is 14.3. The lowest BCUT2D eigenvalue weighted by Crippen LogP contribution is -1.93. The summed E-state index contributed by atoms with van der Waals surface area (Å²) in [6, 6.07) is 8.46. The molecule has 0 unspecified atom stereocenters. The summed E-state index contributed by atoms with van der Waals surface area (Å²) in [4.78, 5) is 14.7. The van der Waals surface area contributed by atoms with Crippen molar-refractivity contribution in [1.29, 1.82) is 0 Å². The van der Waals surface area contributed by atoms with Crippen LogP contribution >= 0.6 is 11.3 Å². The third-order valence-corrected chi connectivity index (χ3v) is 3.88. The fourth-order valence-corrected chi connectivity index (χ4v) is 2.89. The Balaban J connectivity index is 2.19. The first-order valence-electron chi connectivity index (χ1n) is 5.65. The number of nitro groups is 1. The predicted octanol–water partition coefficient (Wildman–Crippen LogP) is 3.59. The molecule has 0 aliphatic heterocycles. The van der Waals surface area contributed by atoms with E-state index in [-0.39, 0.29) is 11.5 Å². The highest BCUT2D eigenvalue weighted by Crippen LogP contribution is 2.35. The quantitative estimate of drug-likeness (QED) is 0.444. The van der Waals surface area contributed by atoms with Crippen molar-refractivity contribution >= 4 is 32.9 Å². The molecule has 0 saturated carbocycles. The molecule has 5 nitrogen and oxygen atoms in total. The second kappa shape index (κ2) is 4.53. The summed E-state index contributed by atoms with van der Waals surface area (Å²) in [5.41, 5.74) is 7.31. The number of fused-ring (bicyclic) bond motifs is 1. The highest BCUT2D eigenvalue weighted by molar-refractivity contribution is 7.21. The molecule has 2 N–H and O–H groups in total. The van der Waals surface area contributed by atoms with Crippen LogP contribution in [0, 0.1) is 15.9 Å². The van der Waals surface area contributed by atoms with Gasteiger partial charge in [0.25, 0.3) is 5.69 Å². The number of halogens is 1.